The fraction of sp³-hybridized carbons (Fsp3) is 0.923. The molecule has 0 rings (SSSR count). The van der Waals surface area contributed by atoms with Gasteiger partial charge in [0, 0.05) is 0 Å². The molecule has 0 spiro atoms. The van der Waals surface area contributed by atoms with Gasteiger partial charge in [0.15, 0.2) is 0 Å². The molecule has 0 aliphatic heterocycles. The van der Waals surface area contributed by atoms with Gasteiger partial charge >= 0.3 is 6.16 Å². The van der Waals surface area contributed by atoms with E-state index in [1.165, 1.54) is 0 Å². The first-order valence-electron chi connectivity index (χ1n) is 6.35. The molecule has 0 saturated carbocycles. The molecule has 0 aromatic carbocycles. The van der Waals surface area contributed by atoms with Gasteiger partial charge in [-0.2, -0.15) is 0 Å². The fourth-order valence-electron chi connectivity index (χ4n) is 1.51. The van der Waals surface area contributed by atoms with E-state index in [1.807, 2.05) is 0 Å². The van der Waals surface area contributed by atoms with Gasteiger partial charge in [0.2, 0.25) is 0 Å². The molecule has 0 aliphatic carbocycles. The van der Waals surface area contributed by atoms with Crippen LogP contribution in [0.25, 0.3) is 0 Å². The molecule has 5 heteroatoms. The highest BCUT2D eigenvalue weighted by molar-refractivity contribution is 5.53. The minimum atomic E-state index is -1.83. The van der Waals surface area contributed by atoms with E-state index in [9.17, 15) is 0 Å². The smallest absolute Gasteiger partial charge is 0.450 e. The predicted molar refractivity (Wildman–Crippen MR) is 70.8 cm³/mol. The van der Waals surface area contributed by atoms with Crippen molar-refractivity contribution in [1.82, 2.24) is 0 Å². The number of hydrogen-bond acceptors (Lipinski definition) is 3. The highest BCUT2D eigenvalue weighted by Crippen LogP contribution is 2.23. The molecule has 0 radical (unpaired) electrons. The summed E-state index contributed by atoms with van der Waals surface area (Å²) in [6, 6.07) is 0. The van der Waals surface area contributed by atoms with Gasteiger partial charge in [-0.1, -0.05) is 26.7 Å². The second-order valence-electron chi connectivity index (χ2n) is 5.47. The molecule has 0 saturated heterocycles. The lowest BCUT2D eigenvalue weighted by atomic mass is 10.0. The average Bonchev–Trinajstić information content (AvgIpc) is 2.14. The summed E-state index contributed by atoms with van der Waals surface area (Å²) in [5.41, 5.74) is -0.334. The zero-order chi connectivity index (χ0) is 14.8. The standard InChI is InChI=1S/C12H26O2.CH2O3/c1-7-9-11(3,4)13-14-12(5,6)10-8-2;2-1(3)4/h7-10H2,1-6H3;(H2,2,3,4). The molecule has 18 heavy (non-hydrogen) atoms. The van der Waals surface area contributed by atoms with E-state index in [2.05, 4.69) is 41.5 Å². The zero-order valence-electron chi connectivity index (χ0n) is 12.4. The maximum Gasteiger partial charge on any atom is 0.503 e. The summed E-state index contributed by atoms with van der Waals surface area (Å²) < 4.78 is 0. The Morgan fingerprint density at radius 1 is 0.889 bits per heavy atom. The summed E-state index contributed by atoms with van der Waals surface area (Å²) in [7, 11) is 0. The van der Waals surface area contributed by atoms with Crippen molar-refractivity contribution in [1.29, 1.82) is 0 Å². The topological polar surface area (TPSA) is 76.0 Å². The van der Waals surface area contributed by atoms with E-state index in [0.29, 0.717) is 0 Å². The van der Waals surface area contributed by atoms with Crippen LogP contribution in [0.5, 0.6) is 0 Å². The molecular weight excluding hydrogens is 236 g/mol. The molecule has 0 fully saturated rings. The molecule has 0 heterocycles. The van der Waals surface area contributed by atoms with Crippen molar-refractivity contribution in [2.75, 3.05) is 0 Å². The first-order valence-corrected chi connectivity index (χ1v) is 6.35. The maximum absolute atomic E-state index is 8.56. The highest BCUT2D eigenvalue weighted by Gasteiger charge is 2.25. The monoisotopic (exact) mass is 264 g/mol. The van der Waals surface area contributed by atoms with Gasteiger partial charge in [0.1, 0.15) is 0 Å². The van der Waals surface area contributed by atoms with Crippen molar-refractivity contribution in [3.63, 3.8) is 0 Å². The van der Waals surface area contributed by atoms with Crippen molar-refractivity contribution in [2.24, 2.45) is 0 Å². The molecule has 5 nitrogen and oxygen atoms in total. The number of carboxylic acid groups (broad SMARTS) is 2. The first kappa shape index (κ1) is 19.5. The Morgan fingerprint density at radius 3 is 1.28 bits per heavy atom. The molecule has 0 aliphatic rings. The molecule has 0 amide bonds. The van der Waals surface area contributed by atoms with E-state index < -0.39 is 6.16 Å². The van der Waals surface area contributed by atoms with Crippen LogP contribution in [-0.4, -0.2) is 27.6 Å². The Morgan fingerprint density at radius 2 is 1.11 bits per heavy atom. The molecule has 0 unspecified atom stereocenters. The molecule has 2 N–H and O–H groups in total. The second-order valence-corrected chi connectivity index (χ2v) is 5.47. The lowest BCUT2D eigenvalue weighted by Crippen LogP contribution is -2.32. The van der Waals surface area contributed by atoms with Crippen LogP contribution in [0.4, 0.5) is 4.79 Å². The third-order valence-electron chi connectivity index (χ3n) is 2.20. The van der Waals surface area contributed by atoms with Gasteiger partial charge in [-0.3, -0.25) is 0 Å². The molecule has 0 bridgehead atoms. The minimum Gasteiger partial charge on any atom is -0.450 e. The van der Waals surface area contributed by atoms with E-state index in [0.717, 1.165) is 25.7 Å². The Bertz CT molecular complexity index is 201. The van der Waals surface area contributed by atoms with Crippen molar-refractivity contribution < 1.29 is 24.8 Å². The van der Waals surface area contributed by atoms with E-state index >= 15 is 0 Å². The SMILES string of the molecule is CCCC(C)(C)OOC(C)(C)CCC.O=C(O)O. The summed E-state index contributed by atoms with van der Waals surface area (Å²) in [5.74, 6) is 0. The number of hydrogen-bond donors (Lipinski definition) is 2. The van der Waals surface area contributed by atoms with Gasteiger partial charge in [-0.05, 0) is 40.5 Å². The third kappa shape index (κ3) is 15.2. The van der Waals surface area contributed by atoms with Crippen molar-refractivity contribution in [2.45, 2.75) is 78.4 Å². The van der Waals surface area contributed by atoms with Crippen LogP contribution in [0, 0.1) is 0 Å². The van der Waals surface area contributed by atoms with Crippen LogP contribution in [-0.2, 0) is 9.78 Å². The van der Waals surface area contributed by atoms with Gasteiger partial charge < -0.3 is 10.2 Å². The predicted octanol–water partition coefficient (Wildman–Crippen LogP) is 4.31. The molecule has 110 valence electrons. The van der Waals surface area contributed by atoms with Crippen molar-refractivity contribution in [3.8, 4) is 0 Å². The van der Waals surface area contributed by atoms with Gasteiger partial charge in [-0.25, -0.2) is 14.6 Å². The lowest BCUT2D eigenvalue weighted by molar-refractivity contribution is -0.402. The van der Waals surface area contributed by atoms with E-state index in [1.54, 1.807) is 0 Å². The lowest BCUT2D eigenvalue weighted by Gasteiger charge is -2.30. The van der Waals surface area contributed by atoms with E-state index in [4.69, 9.17) is 24.8 Å². The van der Waals surface area contributed by atoms with Gasteiger partial charge in [0.25, 0.3) is 0 Å². The third-order valence-corrected chi connectivity index (χ3v) is 2.20. The maximum atomic E-state index is 8.56. The molecular formula is C13H28O5. The van der Waals surface area contributed by atoms with Gasteiger partial charge in [0.05, 0.1) is 11.2 Å². The normalized spacial score (nSPS) is 11.7. The van der Waals surface area contributed by atoms with Crippen molar-refractivity contribution >= 4 is 6.16 Å². The fourth-order valence-corrected chi connectivity index (χ4v) is 1.51. The summed E-state index contributed by atoms with van der Waals surface area (Å²) in [4.78, 5) is 19.5. The van der Waals surface area contributed by atoms with Crippen molar-refractivity contribution in [3.05, 3.63) is 0 Å². The van der Waals surface area contributed by atoms with Crippen LogP contribution in [0.15, 0.2) is 0 Å². The number of carbonyl (C=O) groups is 1. The summed E-state index contributed by atoms with van der Waals surface area (Å²) >= 11 is 0. The Balaban J connectivity index is 0. The van der Waals surface area contributed by atoms with Crippen LogP contribution >= 0.6 is 0 Å². The minimum absolute atomic E-state index is 0.167. The average molecular weight is 264 g/mol. The largest absolute Gasteiger partial charge is 0.503 e. The summed E-state index contributed by atoms with van der Waals surface area (Å²) in [6.45, 7) is 12.6. The Hall–Kier alpha value is -0.810. The quantitative estimate of drug-likeness (QED) is 0.529. The summed E-state index contributed by atoms with van der Waals surface area (Å²) in [5, 5.41) is 13.9. The van der Waals surface area contributed by atoms with E-state index in [-0.39, 0.29) is 11.2 Å². The van der Waals surface area contributed by atoms with Gasteiger partial charge in [-0.15, -0.1) is 0 Å². The second kappa shape index (κ2) is 9.16. The molecule has 0 atom stereocenters. The highest BCUT2D eigenvalue weighted by atomic mass is 17.2. The van der Waals surface area contributed by atoms with Crippen LogP contribution < -0.4 is 0 Å². The molecule has 0 aromatic heterocycles. The van der Waals surface area contributed by atoms with Crippen LogP contribution in [0.3, 0.4) is 0 Å². The first-order chi connectivity index (χ1) is 8.06. The Labute approximate surface area is 110 Å². The number of rotatable bonds is 7. The Kier molecular flexibility index (Phi) is 9.94. The summed E-state index contributed by atoms with van der Waals surface area (Å²) in [6.07, 6.45) is 2.44. The zero-order valence-corrected chi connectivity index (χ0v) is 12.4. The van der Waals surface area contributed by atoms with Crippen LogP contribution in [0.1, 0.15) is 67.2 Å². The van der Waals surface area contributed by atoms with Crippen LogP contribution in [0.2, 0.25) is 0 Å². The molecule has 0 aromatic rings.